The molecule has 0 unspecified atom stereocenters. The summed E-state index contributed by atoms with van der Waals surface area (Å²) in [5.41, 5.74) is 3.62. The predicted octanol–water partition coefficient (Wildman–Crippen LogP) is 3.90. The molecule has 0 atom stereocenters. The number of carbonyl (C=O) groups excluding carboxylic acids is 1. The lowest BCUT2D eigenvalue weighted by atomic mass is 10.1. The molecule has 2 aromatic carbocycles. The Labute approximate surface area is 155 Å². The fraction of sp³-hybridized carbons (Fsp3) is 0.211. The number of amides is 1. The van der Waals surface area contributed by atoms with E-state index in [1.54, 1.807) is 18.2 Å². The molecule has 26 heavy (non-hydrogen) atoms. The van der Waals surface area contributed by atoms with Crippen molar-refractivity contribution in [1.82, 2.24) is 15.5 Å². The maximum Gasteiger partial charge on any atom is 0.277 e. The first-order valence-electron chi connectivity index (χ1n) is 8.07. The number of hydrogen-bond acceptors (Lipinski definition) is 5. The van der Waals surface area contributed by atoms with Gasteiger partial charge in [-0.25, -0.2) is 4.39 Å². The first kappa shape index (κ1) is 18.1. The van der Waals surface area contributed by atoms with Crippen LogP contribution in [0.5, 0.6) is 0 Å². The summed E-state index contributed by atoms with van der Waals surface area (Å²) in [4.78, 5) is 11.9. The second kappa shape index (κ2) is 8.14. The first-order chi connectivity index (χ1) is 12.5. The van der Waals surface area contributed by atoms with Gasteiger partial charge in [0, 0.05) is 17.7 Å². The average molecular weight is 371 g/mol. The van der Waals surface area contributed by atoms with Crippen LogP contribution in [-0.4, -0.2) is 21.9 Å². The van der Waals surface area contributed by atoms with Gasteiger partial charge in [-0.2, -0.15) is 0 Å². The maximum atomic E-state index is 13.5. The number of aryl methyl sites for hydroxylation is 2. The Hall–Kier alpha value is -2.67. The van der Waals surface area contributed by atoms with Gasteiger partial charge in [-0.1, -0.05) is 36.0 Å². The zero-order valence-corrected chi connectivity index (χ0v) is 15.3. The van der Waals surface area contributed by atoms with Crippen LogP contribution in [0.3, 0.4) is 0 Å². The highest BCUT2D eigenvalue weighted by Crippen LogP contribution is 2.24. The van der Waals surface area contributed by atoms with E-state index in [2.05, 4.69) is 15.5 Å². The van der Waals surface area contributed by atoms with Crippen molar-refractivity contribution in [3.8, 4) is 11.5 Å². The van der Waals surface area contributed by atoms with Crippen LogP contribution in [0.2, 0.25) is 0 Å². The molecule has 0 aliphatic heterocycles. The Morgan fingerprint density at radius 3 is 2.73 bits per heavy atom. The summed E-state index contributed by atoms with van der Waals surface area (Å²) >= 11 is 1.14. The highest BCUT2D eigenvalue weighted by Gasteiger charge is 2.12. The maximum absolute atomic E-state index is 13.5. The molecule has 7 heteroatoms. The minimum atomic E-state index is -0.338. The Kier molecular flexibility index (Phi) is 5.68. The molecule has 0 bridgehead atoms. The molecule has 0 aliphatic rings. The second-order valence-electron chi connectivity index (χ2n) is 5.83. The van der Waals surface area contributed by atoms with E-state index in [0.29, 0.717) is 16.7 Å². The molecule has 0 spiro atoms. The molecule has 0 aliphatic carbocycles. The van der Waals surface area contributed by atoms with Crippen LogP contribution in [0.4, 0.5) is 4.39 Å². The number of nitrogens with one attached hydrogen (secondary N) is 1. The third-order valence-electron chi connectivity index (χ3n) is 3.92. The lowest BCUT2D eigenvalue weighted by Crippen LogP contribution is -2.25. The minimum Gasteiger partial charge on any atom is -0.411 e. The molecular formula is C19H18FN3O2S. The Bertz CT molecular complexity index is 927. The number of benzene rings is 2. The van der Waals surface area contributed by atoms with Crippen LogP contribution in [0.1, 0.15) is 16.7 Å². The number of halogens is 1. The van der Waals surface area contributed by atoms with Crippen LogP contribution in [0.25, 0.3) is 11.5 Å². The predicted molar refractivity (Wildman–Crippen MR) is 98.2 cm³/mol. The van der Waals surface area contributed by atoms with Crippen LogP contribution < -0.4 is 5.32 Å². The van der Waals surface area contributed by atoms with Gasteiger partial charge >= 0.3 is 0 Å². The monoisotopic (exact) mass is 371 g/mol. The SMILES string of the molecule is Cc1ccc(-c2nnc(SCC(=O)NCc3ccccc3F)o2)cc1C. The lowest BCUT2D eigenvalue weighted by Gasteiger charge is -2.05. The van der Waals surface area contributed by atoms with E-state index in [4.69, 9.17) is 4.42 Å². The summed E-state index contributed by atoms with van der Waals surface area (Å²) in [6.07, 6.45) is 0. The number of carbonyl (C=O) groups is 1. The number of rotatable bonds is 6. The Morgan fingerprint density at radius 2 is 1.96 bits per heavy atom. The Morgan fingerprint density at radius 1 is 1.15 bits per heavy atom. The van der Waals surface area contributed by atoms with E-state index in [0.717, 1.165) is 22.9 Å². The van der Waals surface area contributed by atoms with Gasteiger partial charge < -0.3 is 9.73 Å². The second-order valence-corrected chi connectivity index (χ2v) is 6.76. The average Bonchev–Trinajstić information content (AvgIpc) is 3.10. The molecule has 1 N–H and O–H groups in total. The van der Waals surface area contributed by atoms with Crippen LogP contribution in [0, 0.1) is 19.7 Å². The molecule has 1 amide bonds. The zero-order valence-electron chi connectivity index (χ0n) is 14.5. The highest BCUT2D eigenvalue weighted by molar-refractivity contribution is 7.99. The summed E-state index contributed by atoms with van der Waals surface area (Å²) in [6, 6.07) is 12.2. The van der Waals surface area contributed by atoms with Crippen LogP contribution >= 0.6 is 11.8 Å². The van der Waals surface area contributed by atoms with Crippen molar-refractivity contribution in [2.75, 3.05) is 5.75 Å². The quantitative estimate of drug-likeness (QED) is 0.666. The van der Waals surface area contributed by atoms with E-state index in [1.807, 2.05) is 32.0 Å². The largest absolute Gasteiger partial charge is 0.411 e. The number of hydrogen-bond donors (Lipinski definition) is 1. The molecule has 1 aromatic heterocycles. The van der Waals surface area contributed by atoms with Gasteiger partial charge in [0.05, 0.1) is 5.75 Å². The molecule has 0 fully saturated rings. The normalized spacial score (nSPS) is 10.7. The fourth-order valence-corrected chi connectivity index (χ4v) is 2.87. The number of aromatic nitrogens is 2. The standard InChI is InChI=1S/C19H18FN3O2S/c1-12-7-8-14(9-13(12)2)18-22-23-19(25-18)26-11-17(24)21-10-15-5-3-4-6-16(15)20/h3-9H,10-11H2,1-2H3,(H,21,24). The third-order valence-corrected chi connectivity index (χ3v) is 4.74. The number of nitrogens with zero attached hydrogens (tertiary/aromatic N) is 2. The lowest BCUT2D eigenvalue weighted by molar-refractivity contribution is -0.118. The molecule has 3 rings (SSSR count). The van der Waals surface area contributed by atoms with Gasteiger partial charge in [-0.3, -0.25) is 4.79 Å². The van der Waals surface area contributed by atoms with Gasteiger partial charge in [0.1, 0.15) is 5.82 Å². The van der Waals surface area contributed by atoms with E-state index >= 15 is 0 Å². The third kappa shape index (κ3) is 4.49. The minimum absolute atomic E-state index is 0.114. The van der Waals surface area contributed by atoms with Crippen LogP contribution in [0.15, 0.2) is 52.1 Å². The van der Waals surface area contributed by atoms with E-state index < -0.39 is 0 Å². The fourth-order valence-electron chi connectivity index (χ4n) is 2.27. The summed E-state index contributed by atoms with van der Waals surface area (Å²) in [6.45, 7) is 4.20. The molecule has 0 saturated carbocycles. The van der Waals surface area contributed by atoms with Gasteiger partial charge in [0.15, 0.2) is 0 Å². The molecule has 0 radical (unpaired) electrons. The summed E-state index contributed by atoms with van der Waals surface area (Å²) in [5.74, 6) is -0.0369. The van der Waals surface area contributed by atoms with Gasteiger partial charge in [0.2, 0.25) is 11.8 Å². The van der Waals surface area contributed by atoms with Crippen molar-refractivity contribution in [3.05, 3.63) is 65.0 Å². The molecule has 5 nitrogen and oxygen atoms in total. The number of thioether (sulfide) groups is 1. The van der Waals surface area contributed by atoms with Crippen molar-refractivity contribution in [2.24, 2.45) is 0 Å². The van der Waals surface area contributed by atoms with Crippen LogP contribution in [-0.2, 0) is 11.3 Å². The van der Waals surface area contributed by atoms with Crippen molar-refractivity contribution >= 4 is 17.7 Å². The van der Waals surface area contributed by atoms with Crippen molar-refractivity contribution < 1.29 is 13.6 Å². The topological polar surface area (TPSA) is 68.0 Å². The molecule has 3 aromatic rings. The zero-order chi connectivity index (χ0) is 18.5. The van der Waals surface area contributed by atoms with Gasteiger partial charge in [0.25, 0.3) is 5.22 Å². The van der Waals surface area contributed by atoms with Gasteiger partial charge in [-0.15, -0.1) is 10.2 Å². The molecule has 0 saturated heterocycles. The van der Waals surface area contributed by atoms with Crippen molar-refractivity contribution in [2.45, 2.75) is 25.6 Å². The van der Waals surface area contributed by atoms with Crippen molar-refractivity contribution in [3.63, 3.8) is 0 Å². The summed E-state index contributed by atoms with van der Waals surface area (Å²) < 4.78 is 19.1. The highest BCUT2D eigenvalue weighted by atomic mass is 32.2. The van der Waals surface area contributed by atoms with Crippen molar-refractivity contribution in [1.29, 1.82) is 0 Å². The summed E-state index contributed by atoms with van der Waals surface area (Å²) in [7, 11) is 0. The molecule has 1 heterocycles. The van der Waals surface area contributed by atoms with E-state index in [1.165, 1.54) is 11.6 Å². The van der Waals surface area contributed by atoms with E-state index in [9.17, 15) is 9.18 Å². The summed E-state index contributed by atoms with van der Waals surface area (Å²) in [5, 5.41) is 11.0. The first-order valence-corrected chi connectivity index (χ1v) is 9.05. The van der Waals surface area contributed by atoms with E-state index in [-0.39, 0.29) is 24.0 Å². The smallest absolute Gasteiger partial charge is 0.277 e. The molecule has 134 valence electrons. The Balaban J connectivity index is 1.53. The van der Waals surface area contributed by atoms with Gasteiger partial charge in [-0.05, 0) is 43.2 Å². The molecular weight excluding hydrogens is 353 g/mol.